The monoisotopic (exact) mass is 404 g/mol. The second-order valence-corrected chi connectivity index (χ2v) is 10.1. The van der Waals surface area contributed by atoms with E-state index in [1.165, 1.54) is 12.7 Å². The van der Waals surface area contributed by atoms with Gasteiger partial charge in [-0.3, -0.25) is 9.59 Å². The van der Waals surface area contributed by atoms with E-state index in [-0.39, 0.29) is 16.7 Å². The van der Waals surface area contributed by atoms with Crippen LogP contribution in [0.5, 0.6) is 0 Å². The molecule has 3 rings (SSSR count). The lowest BCUT2D eigenvalue weighted by atomic mass is 9.46. The summed E-state index contributed by atoms with van der Waals surface area (Å²) in [5.74, 6) is -0.584. The molecule has 5 heteroatoms. The van der Waals surface area contributed by atoms with Gasteiger partial charge in [-0.05, 0) is 61.2 Å². The number of aliphatic hydroxyl groups excluding tert-OH is 1. The Balaban J connectivity index is 1.82. The van der Waals surface area contributed by atoms with Crippen LogP contribution in [0.2, 0.25) is 0 Å². The highest BCUT2D eigenvalue weighted by Gasteiger charge is 2.58. The third-order valence-electron chi connectivity index (χ3n) is 8.20. The Hall–Kier alpha value is -1.62. The van der Waals surface area contributed by atoms with Crippen LogP contribution in [0.15, 0.2) is 24.3 Å². The van der Waals surface area contributed by atoms with E-state index >= 15 is 0 Å². The van der Waals surface area contributed by atoms with Gasteiger partial charge in [-0.2, -0.15) is 0 Å². The maximum Gasteiger partial charge on any atom is 0.319 e. The van der Waals surface area contributed by atoms with E-state index in [4.69, 9.17) is 4.74 Å². The first-order valence-corrected chi connectivity index (χ1v) is 10.9. The molecule has 1 unspecified atom stereocenters. The lowest BCUT2D eigenvalue weighted by molar-refractivity contribution is -0.219. The number of carbonyl (C=O) groups is 2. The summed E-state index contributed by atoms with van der Waals surface area (Å²) in [6.45, 7) is 10.7. The molecule has 6 atom stereocenters. The molecule has 0 aromatic carbocycles. The number of hydrogen-bond acceptors (Lipinski definition) is 5. The molecule has 162 valence electrons. The van der Waals surface area contributed by atoms with E-state index in [0.29, 0.717) is 5.92 Å². The summed E-state index contributed by atoms with van der Waals surface area (Å²) in [6.07, 6.45) is 9.98. The Labute approximate surface area is 174 Å². The SMILES string of the molecule is C=C[C@]1(C)CC=C2[C@@H](CC[C@@H]3[C@@]2(C)CCC[C@@]3(C)C(O)OC(=O)CC(=O)OC)C1. The Bertz CT molecular complexity index is 712. The van der Waals surface area contributed by atoms with Crippen LogP contribution >= 0.6 is 0 Å². The van der Waals surface area contributed by atoms with Gasteiger partial charge in [0, 0.05) is 5.41 Å². The maximum absolute atomic E-state index is 12.1. The van der Waals surface area contributed by atoms with Gasteiger partial charge in [0.25, 0.3) is 0 Å². The first-order valence-electron chi connectivity index (χ1n) is 10.9. The van der Waals surface area contributed by atoms with Gasteiger partial charge in [-0.25, -0.2) is 0 Å². The fourth-order valence-electron chi connectivity index (χ4n) is 6.45. The van der Waals surface area contributed by atoms with Gasteiger partial charge in [0.2, 0.25) is 6.29 Å². The van der Waals surface area contributed by atoms with Crippen LogP contribution in [0.4, 0.5) is 0 Å². The fraction of sp³-hybridized carbons (Fsp3) is 0.750. The van der Waals surface area contributed by atoms with Crippen LogP contribution < -0.4 is 0 Å². The Kier molecular flexibility index (Phi) is 6.01. The van der Waals surface area contributed by atoms with E-state index in [1.54, 1.807) is 0 Å². The first-order chi connectivity index (χ1) is 13.6. The van der Waals surface area contributed by atoms with Crippen molar-refractivity contribution in [1.82, 2.24) is 0 Å². The summed E-state index contributed by atoms with van der Waals surface area (Å²) in [5.41, 5.74) is 1.18. The number of carbonyl (C=O) groups excluding carboxylic acids is 2. The van der Waals surface area contributed by atoms with Crippen LogP contribution in [0, 0.1) is 28.1 Å². The average Bonchev–Trinajstić information content (AvgIpc) is 2.67. The largest absolute Gasteiger partial charge is 0.469 e. The molecule has 29 heavy (non-hydrogen) atoms. The molecule has 0 saturated heterocycles. The molecule has 0 bridgehead atoms. The summed E-state index contributed by atoms with van der Waals surface area (Å²) >= 11 is 0. The van der Waals surface area contributed by atoms with Crippen molar-refractivity contribution in [3.05, 3.63) is 24.3 Å². The third kappa shape index (κ3) is 3.90. The molecule has 0 heterocycles. The molecule has 3 aliphatic rings. The smallest absolute Gasteiger partial charge is 0.319 e. The van der Waals surface area contributed by atoms with Gasteiger partial charge >= 0.3 is 11.9 Å². The van der Waals surface area contributed by atoms with E-state index in [1.807, 2.05) is 6.92 Å². The van der Waals surface area contributed by atoms with Crippen molar-refractivity contribution in [3.63, 3.8) is 0 Å². The number of ether oxygens (including phenoxy) is 2. The van der Waals surface area contributed by atoms with E-state index in [9.17, 15) is 14.7 Å². The number of fused-ring (bicyclic) bond motifs is 3. The zero-order valence-corrected chi connectivity index (χ0v) is 18.3. The van der Waals surface area contributed by atoms with Crippen molar-refractivity contribution in [2.45, 2.75) is 78.4 Å². The van der Waals surface area contributed by atoms with Crippen molar-refractivity contribution >= 4 is 11.9 Å². The van der Waals surface area contributed by atoms with Crippen LogP contribution in [-0.2, 0) is 19.1 Å². The number of allylic oxidation sites excluding steroid dienone is 3. The van der Waals surface area contributed by atoms with Crippen LogP contribution in [0.25, 0.3) is 0 Å². The molecule has 3 aliphatic carbocycles. The average molecular weight is 405 g/mol. The molecule has 2 saturated carbocycles. The van der Waals surface area contributed by atoms with Gasteiger partial charge in [-0.15, -0.1) is 6.58 Å². The molecule has 5 nitrogen and oxygen atoms in total. The minimum absolute atomic E-state index is 0.00809. The molecule has 0 aliphatic heterocycles. The standard InChI is InChI=1S/C24H36O5/c1-6-22(2)13-10-17-16(15-22)8-9-18-23(17,3)11-7-12-24(18,4)21(27)29-20(26)14-19(25)28-5/h6,10,16,18,21,27H,1,7-9,11-15H2,2-5H3/t16-,18+,21?,22+,23-,24+/m0/s1. The second kappa shape index (κ2) is 7.90. The number of methoxy groups -OCH3 is 1. The molecule has 1 N–H and O–H groups in total. The van der Waals surface area contributed by atoms with Gasteiger partial charge in [-0.1, -0.05) is 44.9 Å². The normalized spacial score (nSPS) is 40.0. The molecule has 0 aromatic rings. The van der Waals surface area contributed by atoms with Crippen molar-refractivity contribution in [2.75, 3.05) is 7.11 Å². The predicted molar refractivity (Wildman–Crippen MR) is 111 cm³/mol. The molecule has 0 radical (unpaired) electrons. The summed E-state index contributed by atoms with van der Waals surface area (Å²) in [4.78, 5) is 23.4. The van der Waals surface area contributed by atoms with Gasteiger partial charge in [0.15, 0.2) is 0 Å². The summed E-state index contributed by atoms with van der Waals surface area (Å²) < 4.78 is 9.85. The molecule has 0 aromatic heterocycles. The highest BCUT2D eigenvalue weighted by atomic mass is 16.6. The highest BCUT2D eigenvalue weighted by Crippen LogP contribution is 2.64. The zero-order valence-electron chi connectivity index (χ0n) is 18.3. The number of hydrogen-bond donors (Lipinski definition) is 1. The van der Waals surface area contributed by atoms with Crippen LogP contribution in [0.1, 0.15) is 72.1 Å². The lowest BCUT2D eigenvalue weighted by Crippen LogP contribution is -2.55. The van der Waals surface area contributed by atoms with E-state index < -0.39 is 30.1 Å². The lowest BCUT2D eigenvalue weighted by Gasteiger charge is -2.59. The number of aliphatic hydroxyl groups is 1. The van der Waals surface area contributed by atoms with Crippen LogP contribution in [0.3, 0.4) is 0 Å². The zero-order chi connectivity index (χ0) is 21.4. The summed E-state index contributed by atoms with van der Waals surface area (Å²) in [6, 6.07) is 0. The van der Waals surface area contributed by atoms with Crippen molar-refractivity contribution < 1.29 is 24.2 Å². The predicted octanol–water partition coefficient (Wildman–Crippen LogP) is 4.55. The molecular formula is C24H36O5. The highest BCUT2D eigenvalue weighted by molar-refractivity contribution is 5.91. The Morgan fingerprint density at radius 2 is 2.00 bits per heavy atom. The number of esters is 2. The minimum Gasteiger partial charge on any atom is -0.469 e. The van der Waals surface area contributed by atoms with Crippen molar-refractivity contribution in [2.24, 2.45) is 28.1 Å². The summed E-state index contributed by atoms with van der Waals surface area (Å²) in [7, 11) is 1.23. The Morgan fingerprint density at radius 1 is 1.28 bits per heavy atom. The van der Waals surface area contributed by atoms with Gasteiger partial charge in [0.1, 0.15) is 6.42 Å². The fourth-order valence-corrected chi connectivity index (χ4v) is 6.45. The second-order valence-electron chi connectivity index (χ2n) is 10.1. The van der Waals surface area contributed by atoms with Crippen LogP contribution in [-0.4, -0.2) is 30.4 Å². The van der Waals surface area contributed by atoms with E-state index in [2.05, 4.69) is 37.3 Å². The quantitative estimate of drug-likeness (QED) is 0.315. The molecule has 0 spiro atoms. The van der Waals surface area contributed by atoms with E-state index in [0.717, 1.165) is 44.9 Å². The van der Waals surface area contributed by atoms with Gasteiger partial charge in [0.05, 0.1) is 7.11 Å². The Morgan fingerprint density at radius 3 is 2.66 bits per heavy atom. The first kappa shape index (κ1) is 22.1. The van der Waals surface area contributed by atoms with Crippen molar-refractivity contribution in [1.29, 1.82) is 0 Å². The minimum atomic E-state index is -1.22. The van der Waals surface area contributed by atoms with Gasteiger partial charge < -0.3 is 14.6 Å². The summed E-state index contributed by atoms with van der Waals surface area (Å²) in [5, 5.41) is 10.9. The topological polar surface area (TPSA) is 72.8 Å². The van der Waals surface area contributed by atoms with Crippen molar-refractivity contribution in [3.8, 4) is 0 Å². The third-order valence-corrected chi connectivity index (χ3v) is 8.20. The molecule has 2 fully saturated rings. The maximum atomic E-state index is 12.1. The molecular weight excluding hydrogens is 368 g/mol. The number of rotatable bonds is 5. The molecule has 0 amide bonds.